The molecule has 3 nitrogen and oxygen atoms in total. The second-order valence-electron chi connectivity index (χ2n) is 7.34. The summed E-state index contributed by atoms with van der Waals surface area (Å²) in [5, 5.41) is 0. The highest BCUT2D eigenvalue weighted by Crippen LogP contribution is 2.44. The van der Waals surface area contributed by atoms with E-state index in [1.807, 2.05) is 30.3 Å². The Morgan fingerprint density at radius 1 is 1.04 bits per heavy atom. The van der Waals surface area contributed by atoms with E-state index < -0.39 is 0 Å². The van der Waals surface area contributed by atoms with Gasteiger partial charge in [0.25, 0.3) is 0 Å². The van der Waals surface area contributed by atoms with E-state index in [1.54, 1.807) is 6.08 Å². The lowest BCUT2D eigenvalue weighted by Crippen LogP contribution is -2.42. The SMILES string of the molecule is CN1c2ccccc2C(C)(C)C1CN=C1C(=O)C=Cc2ccccc21. The highest BCUT2D eigenvalue weighted by Gasteiger charge is 2.42. The second kappa shape index (κ2) is 5.69. The largest absolute Gasteiger partial charge is 0.369 e. The summed E-state index contributed by atoms with van der Waals surface area (Å²) in [4.78, 5) is 19.5. The standard InChI is InChI=1S/C22H22N2O/c1-22(2)17-10-6-7-11-18(17)24(3)20(22)14-23-21-16-9-5-4-8-15(16)12-13-19(21)25/h4-13,20H,14H2,1-3H3. The summed E-state index contributed by atoms with van der Waals surface area (Å²) in [6.45, 7) is 5.12. The van der Waals surface area contributed by atoms with Crippen LogP contribution in [-0.2, 0) is 10.2 Å². The molecule has 0 amide bonds. The molecule has 0 bridgehead atoms. The lowest BCUT2D eigenvalue weighted by Gasteiger charge is -2.31. The van der Waals surface area contributed by atoms with Crippen LogP contribution in [0.4, 0.5) is 5.69 Å². The maximum Gasteiger partial charge on any atom is 0.204 e. The Kier molecular flexibility index (Phi) is 3.60. The molecule has 0 fully saturated rings. The summed E-state index contributed by atoms with van der Waals surface area (Å²) in [7, 11) is 2.12. The molecule has 1 aliphatic carbocycles. The predicted octanol–water partition coefficient (Wildman–Crippen LogP) is 3.87. The number of ketones is 1. The molecule has 2 aromatic carbocycles. The molecule has 2 aliphatic rings. The number of likely N-dealkylation sites (N-methyl/N-ethyl adjacent to an activating group) is 1. The highest BCUT2D eigenvalue weighted by molar-refractivity contribution is 6.52. The van der Waals surface area contributed by atoms with Crippen molar-refractivity contribution < 1.29 is 4.79 Å². The van der Waals surface area contributed by atoms with E-state index in [-0.39, 0.29) is 17.2 Å². The van der Waals surface area contributed by atoms with Crippen molar-refractivity contribution in [1.82, 2.24) is 0 Å². The number of fused-ring (bicyclic) bond motifs is 2. The highest BCUT2D eigenvalue weighted by atomic mass is 16.1. The molecule has 25 heavy (non-hydrogen) atoms. The minimum Gasteiger partial charge on any atom is -0.369 e. The van der Waals surface area contributed by atoms with E-state index >= 15 is 0 Å². The first-order valence-corrected chi connectivity index (χ1v) is 8.69. The van der Waals surface area contributed by atoms with Gasteiger partial charge in [-0.05, 0) is 23.3 Å². The maximum atomic E-state index is 12.4. The Hall–Kier alpha value is -2.68. The summed E-state index contributed by atoms with van der Waals surface area (Å²) in [6.07, 6.45) is 3.50. The quantitative estimate of drug-likeness (QED) is 0.837. The van der Waals surface area contributed by atoms with Gasteiger partial charge in [0.2, 0.25) is 5.78 Å². The third-order valence-corrected chi connectivity index (χ3v) is 5.56. The molecule has 2 aromatic rings. The Bertz CT molecular complexity index is 908. The molecular weight excluding hydrogens is 308 g/mol. The van der Waals surface area contributed by atoms with Crippen molar-refractivity contribution in [2.75, 3.05) is 18.5 Å². The van der Waals surface area contributed by atoms with Crippen molar-refractivity contribution in [1.29, 1.82) is 0 Å². The minimum atomic E-state index is -0.0114. The minimum absolute atomic E-state index is 0.00493. The monoisotopic (exact) mass is 330 g/mol. The molecule has 0 aromatic heterocycles. The lowest BCUT2D eigenvalue weighted by molar-refractivity contribution is -0.108. The number of aliphatic imine (C=N–C) groups is 1. The number of anilines is 1. The van der Waals surface area contributed by atoms with Gasteiger partial charge in [-0.2, -0.15) is 0 Å². The van der Waals surface area contributed by atoms with Gasteiger partial charge in [0, 0.05) is 23.7 Å². The van der Waals surface area contributed by atoms with Gasteiger partial charge in [-0.15, -0.1) is 0 Å². The molecule has 0 saturated heterocycles. The first-order valence-electron chi connectivity index (χ1n) is 8.69. The van der Waals surface area contributed by atoms with Crippen LogP contribution in [0.25, 0.3) is 6.08 Å². The summed E-state index contributed by atoms with van der Waals surface area (Å²) >= 11 is 0. The first kappa shape index (κ1) is 15.8. The number of rotatable bonds is 2. The molecule has 0 saturated carbocycles. The number of para-hydroxylation sites is 1. The van der Waals surface area contributed by atoms with Crippen molar-refractivity contribution in [3.05, 3.63) is 71.3 Å². The van der Waals surface area contributed by atoms with E-state index in [0.29, 0.717) is 12.3 Å². The van der Waals surface area contributed by atoms with Crippen molar-refractivity contribution in [2.45, 2.75) is 25.3 Å². The molecule has 0 N–H and O–H groups in total. The number of hydrogen-bond donors (Lipinski definition) is 0. The first-order chi connectivity index (χ1) is 12.0. The van der Waals surface area contributed by atoms with Crippen molar-refractivity contribution in [2.24, 2.45) is 4.99 Å². The van der Waals surface area contributed by atoms with Crippen LogP contribution in [0.3, 0.4) is 0 Å². The third-order valence-electron chi connectivity index (χ3n) is 5.56. The van der Waals surface area contributed by atoms with Crippen LogP contribution in [0.1, 0.15) is 30.5 Å². The molecule has 1 heterocycles. The van der Waals surface area contributed by atoms with Crippen molar-refractivity contribution in [3.8, 4) is 0 Å². The van der Waals surface area contributed by atoms with E-state index in [1.165, 1.54) is 11.3 Å². The molecular formula is C22H22N2O. The van der Waals surface area contributed by atoms with E-state index in [2.05, 4.69) is 50.1 Å². The van der Waals surface area contributed by atoms with Crippen LogP contribution in [0.15, 0.2) is 59.6 Å². The summed E-state index contributed by atoms with van der Waals surface area (Å²) in [5.74, 6) is -0.00493. The lowest BCUT2D eigenvalue weighted by atomic mass is 9.80. The fourth-order valence-electron chi connectivity index (χ4n) is 4.08. The number of carbonyl (C=O) groups is 1. The van der Waals surface area contributed by atoms with E-state index in [9.17, 15) is 4.79 Å². The Labute approximate surface area is 148 Å². The van der Waals surface area contributed by atoms with E-state index in [4.69, 9.17) is 4.99 Å². The fraction of sp³-hybridized carbons (Fsp3) is 0.273. The molecule has 3 heteroatoms. The normalized spacial score (nSPS) is 22.2. The maximum absolute atomic E-state index is 12.4. The number of hydrogen-bond acceptors (Lipinski definition) is 3. The predicted molar refractivity (Wildman–Crippen MR) is 104 cm³/mol. The van der Waals surface area contributed by atoms with Gasteiger partial charge >= 0.3 is 0 Å². The average molecular weight is 330 g/mol. The Balaban J connectivity index is 1.69. The molecule has 0 radical (unpaired) electrons. The van der Waals surface area contributed by atoms with Gasteiger partial charge in [-0.3, -0.25) is 9.79 Å². The Morgan fingerprint density at radius 3 is 2.56 bits per heavy atom. The van der Waals surface area contributed by atoms with Crippen LogP contribution in [0.5, 0.6) is 0 Å². The summed E-state index contributed by atoms with van der Waals surface area (Å²) in [6, 6.07) is 16.7. The van der Waals surface area contributed by atoms with Gasteiger partial charge in [-0.1, -0.05) is 62.4 Å². The average Bonchev–Trinajstić information content (AvgIpc) is 2.81. The van der Waals surface area contributed by atoms with Crippen molar-refractivity contribution in [3.63, 3.8) is 0 Å². The van der Waals surface area contributed by atoms with Gasteiger partial charge in [0.05, 0.1) is 12.6 Å². The number of nitrogens with zero attached hydrogens (tertiary/aromatic N) is 2. The van der Waals surface area contributed by atoms with Crippen molar-refractivity contribution >= 4 is 23.3 Å². The van der Waals surface area contributed by atoms with E-state index in [0.717, 1.165) is 11.1 Å². The zero-order valence-corrected chi connectivity index (χ0v) is 14.9. The van der Waals surface area contributed by atoms with Gasteiger partial charge in [0.1, 0.15) is 5.71 Å². The van der Waals surface area contributed by atoms with Gasteiger partial charge in [-0.25, -0.2) is 0 Å². The van der Waals surface area contributed by atoms with Crippen LogP contribution in [0, 0.1) is 0 Å². The summed E-state index contributed by atoms with van der Waals surface area (Å²) in [5.41, 5.74) is 5.17. The summed E-state index contributed by atoms with van der Waals surface area (Å²) < 4.78 is 0. The topological polar surface area (TPSA) is 32.7 Å². The molecule has 126 valence electrons. The molecule has 1 aliphatic heterocycles. The molecule has 1 unspecified atom stereocenters. The van der Waals surface area contributed by atoms with Crippen LogP contribution < -0.4 is 4.90 Å². The van der Waals surface area contributed by atoms with Crippen LogP contribution in [0.2, 0.25) is 0 Å². The number of benzene rings is 2. The number of carbonyl (C=O) groups excluding carboxylic acids is 1. The number of allylic oxidation sites excluding steroid dienone is 1. The van der Waals surface area contributed by atoms with Crippen LogP contribution in [-0.4, -0.2) is 31.1 Å². The molecule has 0 spiro atoms. The van der Waals surface area contributed by atoms with Gasteiger partial charge < -0.3 is 4.90 Å². The van der Waals surface area contributed by atoms with Crippen LogP contribution >= 0.6 is 0 Å². The molecule has 1 atom stereocenters. The third kappa shape index (κ3) is 2.42. The smallest absolute Gasteiger partial charge is 0.204 e. The molecule has 4 rings (SSSR count). The fourth-order valence-corrected chi connectivity index (χ4v) is 4.08. The zero-order chi connectivity index (χ0) is 17.6. The Morgan fingerprint density at radius 2 is 1.76 bits per heavy atom. The van der Waals surface area contributed by atoms with Gasteiger partial charge in [0.15, 0.2) is 0 Å². The zero-order valence-electron chi connectivity index (χ0n) is 14.9. The second-order valence-corrected chi connectivity index (χ2v) is 7.34.